The van der Waals surface area contributed by atoms with Gasteiger partial charge in [-0.15, -0.1) is 0 Å². The van der Waals surface area contributed by atoms with Crippen molar-refractivity contribution in [1.82, 2.24) is 4.57 Å². The van der Waals surface area contributed by atoms with Crippen LogP contribution in [0.4, 0.5) is 0 Å². The normalized spacial score (nSPS) is 10.7. The molecule has 99 valence electrons. The van der Waals surface area contributed by atoms with Gasteiger partial charge in [-0.05, 0) is 49.6 Å². The van der Waals surface area contributed by atoms with Crippen molar-refractivity contribution < 1.29 is 0 Å². The lowest BCUT2D eigenvalue weighted by Crippen LogP contribution is -1.99. The summed E-state index contributed by atoms with van der Waals surface area (Å²) in [6, 6.07) is 23.3. The van der Waals surface area contributed by atoms with Crippen molar-refractivity contribution in [3.8, 4) is 16.9 Å². The third-order valence-electron chi connectivity index (χ3n) is 3.71. The zero-order chi connectivity index (χ0) is 13.9. The number of rotatable bonds is 3. The topological polar surface area (TPSA) is 4.93 Å². The van der Waals surface area contributed by atoms with E-state index in [1.165, 1.54) is 28.2 Å². The molecular weight excluding hydrogens is 242 g/mol. The van der Waals surface area contributed by atoms with Gasteiger partial charge in [-0.25, -0.2) is 0 Å². The van der Waals surface area contributed by atoms with Gasteiger partial charge in [0.25, 0.3) is 0 Å². The number of aromatic nitrogens is 1. The molecule has 0 bridgehead atoms. The molecule has 20 heavy (non-hydrogen) atoms. The van der Waals surface area contributed by atoms with E-state index in [4.69, 9.17) is 0 Å². The molecule has 0 aliphatic rings. The van der Waals surface area contributed by atoms with Crippen molar-refractivity contribution in [2.24, 2.45) is 0 Å². The zero-order valence-corrected chi connectivity index (χ0v) is 11.7. The molecule has 0 fully saturated rings. The highest BCUT2D eigenvalue weighted by atomic mass is 15.0. The van der Waals surface area contributed by atoms with Crippen molar-refractivity contribution in [1.29, 1.82) is 0 Å². The van der Waals surface area contributed by atoms with E-state index < -0.39 is 0 Å². The number of nitrogens with zero attached hydrogens (tertiary/aromatic N) is 1. The fourth-order valence-electron chi connectivity index (χ4n) is 2.64. The maximum Gasteiger partial charge on any atom is 0.0534 e. The molecule has 0 N–H and O–H groups in total. The molecule has 0 spiro atoms. The minimum Gasteiger partial charge on any atom is -0.314 e. The molecule has 0 amide bonds. The van der Waals surface area contributed by atoms with E-state index in [-0.39, 0.29) is 0 Å². The molecule has 1 radical (unpaired) electrons. The van der Waals surface area contributed by atoms with Crippen LogP contribution in [0.3, 0.4) is 0 Å². The number of hydrogen-bond donors (Lipinski definition) is 0. The first-order chi connectivity index (χ1) is 9.81. The maximum atomic E-state index is 4.05. The first kappa shape index (κ1) is 12.7. The van der Waals surface area contributed by atoms with Crippen molar-refractivity contribution >= 4 is 0 Å². The van der Waals surface area contributed by atoms with Gasteiger partial charge < -0.3 is 4.57 Å². The Labute approximate surface area is 120 Å². The highest BCUT2D eigenvalue weighted by molar-refractivity contribution is 5.65. The molecule has 0 aliphatic carbocycles. The van der Waals surface area contributed by atoms with Gasteiger partial charge >= 0.3 is 0 Å². The van der Waals surface area contributed by atoms with Gasteiger partial charge in [0.1, 0.15) is 0 Å². The fourth-order valence-corrected chi connectivity index (χ4v) is 2.64. The lowest BCUT2D eigenvalue weighted by atomic mass is 10.1. The van der Waals surface area contributed by atoms with E-state index in [2.05, 4.69) is 79.1 Å². The number of hydrogen-bond acceptors (Lipinski definition) is 0. The predicted octanol–water partition coefficient (Wildman–Crippen LogP) is 4.83. The molecule has 0 aliphatic heterocycles. The third-order valence-corrected chi connectivity index (χ3v) is 3.71. The Morgan fingerprint density at radius 2 is 1.50 bits per heavy atom. The van der Waals surface area contributed by atoms with Crippen molar-refractivity contribution in [3.63, 3.8) is 0 Å². The van der Waals surface area contributed by atoms with Crippen LogP contribution in [0.2, 0.25) is 0 Å². The van der Waals surface area contributed by atoms with Crippen LogP contribution < -0.4 is 0 Å². The second-order valence-corrected chi connectivity index (χ2v) is 4.93. The second-order valence-electron chi connectivity index (χ2n) is 4.93. The Bertz CT molecular complexity index is 693. The third kappa shape index (κ3) is 2.16. The molecule has 1 aromatic heterocycles. The first-order valence-electron chi connectivity index (χ1n) is 6.92. The number of para-hydroxylation sites is 1. The van der Waals surface area contributed by atoms with Crippen molar-refractivity contribution in [3.05, 3.63) is 84.9 Å². The summed E-state index contributed by atoms with van der Waals surface area (Å²) in [5, 5.41) is 0. The fraction of sp³-hybridized carbons (Fsp3) is 0.105. The van der Waals surface area contributed by atoms with Gasteiger partial charge in [0.05, 0.1) is 5.69 Å². The van der Waals surface area contributed by atoms with Crippen LogP contribution in [0.15, 0.2) is 66.7 Å². The summed E-state index contributed by atoms with van der Waals surface area (Å²) in [5.41, 5.74) is 6.23. The van der Waals surface area contributed by atoms with Crippen LogP contribution in [0.25, 0.3) is 16.9 Å². The highest BCUT2D eigenvalue weighted by Crippen LogP contribution is 2.29. The summed E-state index contributed by atoms with van der Waals surface area (Å²) in [5.74, 6) is 0. The lowest BCUT2D eigenvalue weighted by Gasteiger charge is -2.12. The number of benzene rings is 2. The van der Waals surface area contributed by atoms with Crippen LogP contribution in [0.5, 0.6) is 0 Å². The van der Waals surface area contributed by atoms with Gasteiger partial charge in [-0.3, -0.25) is 0 Å². The molecule has 3 aromatic rings. The average molecular weight is 260 g/mol. The molecule has 1 nitrogen and oxygen atoms in total. The monoisotopic (exact) mass is 260 g/mol. The van der Waals surface area contributed by atoms with E-state index in [0.29, 0.717) is 0 Å². The van der Waals surface area contributed by atoms with Crippen molar-refractivity contribution in [2.75, 3.05) is 0 Å². The molecule has 1 heterocycles. The van der Waals surface area contributed by atoms with Crippen LogP contribution in [0, 0.1) is 13.8 Å². The Morgan fingerprint density at radius 1 is 0.900 bits per heavy atom. The predicted molar refractivity (Wildman–Crippen MR) is 85.0 cm³/mol. The van der Waals surface area contributed by atoms with Gasteiger partial charge in [0.15, 0.2) is 0 Å². The smallest absolute Gasteiger partial charge is 0.0534 e. The van der Waals surface area contributed by atoms with Gasteiger partial charge in [-0.1, -0.05) is 48.5 Å². The van der Waals surface area contributed by atoms with Crippen LogP contribution in [-0.2, 0) is 6.42 Å². The van der Waals surface area contributed by atoms with E-state index in [9.17, 15) is 0 Å². The van der Waals surface area contributed by atoms with Crippen molar-refractivity contribution in [2.45, 2.75) is 13.3 Å². The summed E-state index contributed by atoms with van der Waals surface area (Å²) in [7, 11) is 0. The first-order valence-corrected chi connectivity index (χ1v) is 6.92. The minimum atomic E-state index is 0.811. The standard InChI is InChI=1S/C19H18N/c1-3-16-14-19(17-10-6-4-7-11-17)20(15(16)2)18-12-8-5-9-13-18/h4-14H,1,3H2,2H3. The second kappa shape index (κ2) is 5.38. The average Bonchev–Trinajstić information content (AvgIpc) is 2.86. The molecule has 0 saturated heterocycles. The largest absolute Gasteiger partial charge is 0.314 e. The molecule has 0 unspecified atom stereocenters. The minimum absolute atomic E-state index is 0.811. The van der Waals surface area contributed by atoms with E-state index in [1.807, 2.05) is 6.07 Å². The molecule has 1 heteroatoms. The van der Waals surface area contributed by atoms with E-state index in [0.717, 1.165) is 6.42 Å². The van der Waals surface area contributed by atoms with E-state index in [1.54, 1.807) is 0 Å². The summed E-state index contributed by atoms with van der Waals surface area (Å²) < 4.78 is 2.32. The summed E-state index contributed by atoms with van der Waals surface area (Å²) >= 11 is 0. The quantitative estimate of drug-likeness (QED) is 0.635. The molecule has 0 saturated carbocycles. The van der Waals surface area contributed by atoms with Gasteiger partial charge in [-0.2, -0.15) is 0 Å². The SMILES string of the molecule is [CH2]Cc1cc(-c2ccccc2)n(-c2ccccc2)c1C. The molecular formula is C19H18N. The summed E-state index contributed by atoms with van der Waals surface area (Å²) in [4.78, 5) is 0. The molecule has 3 rings (SSSR count). The van der Waals surface area contributed by atoms with Crippen LogP contribution >= 0.6 is 0 Å². The summed E-state index contributed by atoms with van der Waals surface area (Å²) in [6.45, 7) is 6.21. The van der Waals surface area contributed by atoms with Crippen LogP contribution in [-0.4, -0.2) is 4.57 Å². The molecule has 2 aromatic carbocycles. The Balaban J connectivity index is 2.25. The van der Waals surface area contributed by atoms with Crippen LogP contribution in [0.1, 0.15) is 11.3 Å². The van der Waals surface area contributed by atoms with E-state index >= 15 is 0 Å². The Kier molecular flexibility index (Phi) is 3.42. The molecule has 0 atom stereocenters. The maximum absolute atomic E-state index is 4.05. The Morgan fingerprint density at radius 3 is 2.10 bits per heavy atom. The zero-order valence-electron chi connectivity index (χ0n) is 11.7. The summed E-state index contributed by atoms with van der Waals surface area (Å²) in [6.07, 6.45) is 0.811. The highest BCUT2D eigenvalue weighted by Gasteiger charge is 2.13. The van der Waals surface area contributed by atoms with Gasteiger partial charge in [0.2, 0.25) is 0 Å². The lowest BCUT2D eigenvalue weighted by molar-refractivity contribution is 1.00. The Hall–Kier alpha value is -2.28. The van der Waals surface area contributed by atoms with Gasteiger partial charge in [0, 0.05) is 11.4 Å².